The molecule has 4 aromatic rings. The Hall–Kier alpha value is -3.90. The number of benzene rings is 2. The van der Waals surface area contributed by atoms with Crippen LogP contribution in [0, 0.1) is 0 Å². The molecule has 40 heavy (non-hydrogen) atoms. The molecule has 0 N–H and O–H groups in total. The molecule has 0 radical (unpaired) electrons. The van der Waals surface area contributed by atoms with Crippen LogP contribution in [-0.2, 0) is 27.2 Å². The van der Waals surface area contributed by atoms with Crippen molar-refractivity contribution >= 4 is 22.1 Å². The van der Waals surface area contributed by atoms with E-state index in [9.17, 15) is 0 Å². The van der Waals surface area contributed by atoms with Crippen LogP contribution in [0.2, 0.25) is 0 Å². The van der Waals surface area contributed by atoms with E-state index in [0.717, 1.165) is 73.0 Å². The number of hydrogen-bond donors (Lipinski definition) is 0. The van der Waals surface area contributed by atoms with Crippen LogP contribution < -0.4 is 28.4 Å². The fourth-order valence-electron chi connectivity index (χ4n) is 5.46. The van der Waals surface area contributed by atoms with E-state index < -0.39 is 0 Å². The van der Waals surface area contributed by atoms with Crippen LogP contribution in [0.15, 0.2) is 12.1 Å². The zero-order chi connectivity index (χ0) is 28.6. The van der Waals surface area contributed by atoms with Crippen molar-refractivity contribution in [3.63, 3.8) is 0 Å². The van der Waals surface area contributed by atoms with E-state index >= 15 is 0 Å². The first kappa shape index (κ1) is 27.7. The standard InChI is InChI=1S/C28H38N6O6/c1-31-17-13-19(35-3)25(37-5)27(39-7)23(17)29-21(31)15-33-9-11-34(12-10-33)16-22-30-24-18(32(22)2)14-20(36-4)26(38-6)28(24)40-8/h13-14H,9-12,15-16H2,1-8H3. The van der Waals surface area contributed by atoms with Crippen molar-refractivity contribution in [1.29, 1.82) is 0 Å². The van der Waals surface area contributed by atoms with Crippen molar-refractivity contribution in [3.05, 3.63) is 23.8 Å². The fourth-order valence-corrected chi connectivity index (χ4v) is 5.46. The number of ether oxygens (including phenoxy) is 6. The SMILES string of the molecule is COc1cc2c(nc(CN3CCN(Cc4nc5c(OC)c(OC)c(OC)cc5n4C)CC3)n2C)c(OC)c1OC. The van der Waals surface area contributed by atoms with Crippen LogP contribution in [0.25, 0.3) is 22.1 Å². The minimum Gasteiger partial charge on any atom is -0.493 e. The van der Waals surface area contributed by atoms with E-state index in [-0.39, 0.29) is 0 Å². The van der Waals surface area contributed by atoms with Gasteiger partial charge >= 0.3 is 0 Å². The summed E-state index contributed by atoms with van der Waals surface area (Å²) in [6.45, 7) is 5.14. The predicted molar refractivity (Wildman–Crippen MR) is 151 cm³/mol. The second-order valence-electron chi connectivity index (χ2n) is 9.75. The van der Waals surface area contributed by atoms with E-state index in [1.165, 1.54) is 0 Å². The summed E-state index contributed by atoms with van der Waals surface area (Å²) in [4.78, 5) is 14.7. The zero-order valence-corrected chi connectivity index (χ0v) is 24.5. The molecule has 216 valence electrons. The highest BCUT2D eigenvalue weighted by Gasteiger charge is 2.26. The molecule has 1 aliphatic rings. The summed E-state index contributed by atoms with van der Waals surface area (Å²) >= 11 is 0. The van der Waals surface area contributed by atoms with Gasteiger partial charge in [0, 0.05) is 52.4 Å². The summed E-state index contributed by atoms with van der Waals surface area (Å²) in [6.07, 6.45) is 0. The maximum Gasteiger partial charge on any atom is 0.205 e. The van der Waals surface area contributed by atoms with E-state index in [0.29, 0.717) is 34.5 Å². The molecule has 2 aromatic carbocycles. The van der Waals surface area contributed by atoms with Gasteiger partial charge in [-0.3, -0.25) is 9.80 Å². The number of methoxy groups -OCH3 is 6. The summed E-state index contributed by atoms with van der Waals surface area (Å²) in [7, 11) is 13.7. The van der Waals surface area contributed by atoms with Crippen LogP contribution in [0.4, 0.5) is 0 Å². The van der Waals surface area contributed by atoms with Gasteiger partial charge in [-0.2, -0.15) is 0 Å². The molecule has 0 saturated carbocycles. The minimum absolute atomic E-state index is 0.548. The normalized spacial score (nSPS) is 14.6. The van der Waals surface area contributed by atoms with Gasteiger partial charge < -0.3 is 37.6 Å². The van der Waals surface area contributed by atoms with Crippen LogP contribution in [0.5, 0.6) is 34.5 Å². The molecule has 0 aliphatic carbocycles. The lowest BCUT2D eigenvalue weighted by atomic mass is 10.2. The van der Waals surface area contributed by atoms with Crippen LogP contribution in [0.3, 0.4) is 0 Å². The monoisotopic (exact) mass is 554 g/mol. The first-order valence-electron chi connectivity index (χ1n) is 13.1. The summed E-state index contributed by atoms with van der Waals surface area (Å²) in [6, 6.07) is 3.89. The van der Waals surface area contributed by atoms with Gasteiger partial charge in [-0.1, -0.05) is 0 Å². The van der Waals surface area contributed by atoms with Gasteiger partial charge in [0.05, 0.1) is 66.8 Å². The Labute approximate surface area is 233 Å². The first-order chi connectivity index (χ1) is 19.4. The van der Waals surface area contributed by atoms with Crippen LogP contribution in [0.1, 0.15) is 11.6 Å². The van der Waals surface area contributed by atoms with Crippen molar-refractivity contribution in [2.75, 3.05) is 68.8 Å². The Morgan fingerprint density at radius 1 is 0.550 bits per heavy atom. The number of aromatic nitrogens is 4. The molecule has 0 bridgehead atoms. The molecule has 0 unspecified atom stereocenters. The molecule has 1 saturated heterocycles. The Morgan fingerprint density at radius 3 is 1.20 bits per heavy atom. The Balaban J connectivity index is 1.31. The van der Waals surface area contributed by atoms with E-state index in [2.05, 4.69) is 18.9 Å². The Morgan fingerprint density at radius 2 is 0.900 bits per heavy atom. The van der Waals surface area contributed by atoms with Crippen LogP contribution in [-0.4, -0.2) is 97.7 Å². The highest BCUT2D eigenvalue weighted by molar-refractivity contribution is 5.89. The molecule has 2 aromatic heterocycles. The van der Waals surface area contributed by atoms with Crippen molar-refractivity contribution in [1.82, 2.24) is 28.9 Å². The second-order valence-corrected chi connectivity index (χ2v) is 9.75. The maximum atomic E-state index is 5.66. The zero-order valence-electron chi connectivity index (χ0n) is 24.5. The lowest BCUT2D eigenvalue weighted by Gasteiger charge is -2.34. The molecule has 5 rings (SSSR count). The van der Waals surface area contributed by atoms with Gasteiger partial charge in [-0.15, -0.1) is 0 Å². The lowest BCUT2D eigenvalue weighted by molar-refractivity contribution is 0.116. The van der Waals surface area contributed by atoms with Crippen LogP contribution >= 0.6 is 0 Å². The van der Waals surface area contributed by atoms with Crippen molar-refractivity contribution in [2.45, 2.75) is 13.1 Å². The smallest absolute Gasteiger partial charge is 0.205 e. The average molecular weight is 555 g/mol. The topological polar surface area (TPSA) is 97.5 Å². The largest absolute Gasteiger partial charge is 0.493 e. The lowest BCUT2D eigenvalue weighted by Crippen LogP contribution is -2.45. The number of rotatable bonds is 10. The molecular formula is C28H38N6O6. The molecule has 1 fully saturated rings. The number of nitrogens with zero attached hydrogens (tertiary/aromatic N) is 6. The summed E-state index contributed by atoms with van der Waals surface area (Å²) in [5.74, 6) is 5.41. The summed E-state index contributed by atoms with van der Waals surface area (Å²) in [5, 5.41) is 0. The van der Waals surface area contributed by atoms with E-state index in [4.69, 9.17) is 38.4 Å². The summed E-state index contributed by atoms with van der Waals surface area (Å²) in [5.41, 5.74) is 3.41. The Bertz CT molecular complexity index is 1410. The number of piperazine rings is 1. The maximum absolute atomic E-state index is 5.66. The molecule has 0 amide bonds. The average Bonchev–Trinajstić information content (AvgIpc) is 3.46. The molecule has 12 nitrogen and oxygen atoms in total. The van der Waals surface area contributed by atoms with Crippen molar-refractivity contribution in [2.24, 2.45) is 14.1 Å². The van der Waals surface area contributed by atoms with Gasteiger partial charge in [0.15, 0.2) is 23.0 Å². The van der Waals surface area contributed by atoms with Crippen molar-refractivity contribution in [3.8, 4) is 34.5 Å². The number of imidazole rings is 2. The highest BCUT2D eigenvalue weighted by Crippen LogP contribution is 2.44. The fraction of sp³-hybridized carbons (Fsp3) is 0.500. The van der Waals surface area contributed by atoms with Gasteiger partial charge in [0.25, 0.3) is 0 Å². The predicted octanol–water partition coefficient (Wildman–Crippen LogP) is 2.83. The first-order valence-corrected chi connectivity index (χ1v) is 13.1. The van der Waals surface area contributed by atoms with Gasteiger partial charge in [-0.05, 0) is 0 Å². The molecular weight excluding hydrogens is 516 g/mol. The van der Waals surface area contributed by atoms with Gasteiger partial charge in [0.1, 0.15) is 22.7 Å². The molecule has 0 atom stereocenters. The molecule has 3 heterocycles. The van der Waals surface area contributed by atoms with Gasteiger partial charge in [-0.25, -0.2) is 9.97 Å². The number of fused-ring (bicyclic) bond motifs is 2. The Kier molecular flexibility index (Phi) is 7.81. The third-order valence-electron chi connectivity index (χ3n) is 7.74. The number of hydrogen-bond acceptors (Lipinski definition) is 10. The summed E-state index contributed by atoms with van der Waals surface area (Å²) < 4.78 is 37.7. The molecule has 1 aliphatic heterocycles. The molecule has 0 spiro atoms. The number of aryl methyl sites for hydroxylation is 2. The van der Waals surface area contributed by atoms with Crippen molar-refractivity contribution < 1.29 is 28.4 Å². The third kappa shape index (κ3) is 4.60. The minimum atomic E-state index is 0.548. The highest BCUT2D eigenvalue weighted by atomic mass is 16.5. The second kappa shape index (κ2) is 11.3. The van der Waals surface area contributed by atoms with Gasteiger partial charge in [0.2, 0.25) is 11.5 Å². The molecule has 12 heteroatoms. The van der Waals surface area contributed by atoms with E-state index in [1.54, 1.807) is 42.7 Å². The third-order valence-corrected chi connectivity index (χ3v) is 7.74. The van der Waals surface area contributed by atoms with E-state index in [1.807, 2.05) is 26.2 Å². The quantitative estimate of drug-likeness (QED) is 0.291.